The summed E-state index contributed by atoms with van der Waals surface area (Å²) >= 11 is 0. The maximum Gasteiger partial charge on any atom is 0.509 e. The number of hydrogen-bond acceptors (Lipinski definition) is 6. The summed E-state index contributed by atoms with van der Waals surface area (Å²) < 4.78 is 19.0. The molecule has 1 aliphatic heterocycles. The number of Topliss-reactive ketones (excluding diaryl/α,β-unsaturated/α-hetero) is 1. The molecule has 0 aromatic carbocycles. The quantitative estimate of drug-likeness (QED) is 0.329. The summed E-state index contributed by atoms with van der Waals surface area (Å²) in [4.78, 5) is 27.7. The van der Waals surface area contributed by atoms with E-state index in [1.54, 1.807) is 0 Å². The molecule has 7 heteroatoms. The van der Waals surface area contributed by atoms with E-state index in [0.717, 1.165) is 6.42 Å². The number of aliphatic hydroxyl groups excluding tert-OH is 1. The fourth-order valence-corrected chi connectivity index (χ4v) is 9.49. The Bertz CT molecular complexity index is 978. The van der Waals surface area contributed by atoms with Gasteiger partial charge < -0.3 is 19.0 Å². The van der Waals surface area contributed by atoms with Crippen molar-refractivity contribution in [2.45, 2.75) is 104 Å². The van der Waals surface area contributed by atoms with Crippen molar-refractivity contribution in [3.05, 3.63) is 11.6 Å². The molecule has 10 atom stereocenters. The van der Waals surface area contributed by atoms with Gasteiger partial charge in [-0.25, -0.2) is 4.79 Å². The number of carbonyl (C=O) groups excluding carboxylic acids is 2. The van der Waals surface area contributed by atoms with E-state index in [2.05, 4.69) is 54.6 Å². The lowest BCUT2D eigenvalue weighted by atomic mass is 9.59. The van der Waals surface area contributed by atoms with E-state index < -0.39 is 43.8 Å². The highest BCUT2D eigenvalue weighted by molar-refractivity contribution is 6.74. The predicted octanol–water partition coefficient (Wildman–Crippen LogP) is 5.11. The lowest BCUT2D eigenvalue weighted by molar-refractivity contribution is -0.163. The Morgan fingerprint density at radius 1 is 1.18 bits per heavy atom. The molecule has 4 fully saturated rings. The first-order chi connectivity index (χ1) is 15.4. The zero-order chi connectivity index (χ0) is 25.4. The highest BCUT2D eigenvalue weighted by Gasteiger charge is 2.82. The number of ether oxygens (including phenoxy) is 2. The van der Waals surface area contributed by atoms with E-state index in [9.17, 15) is 14.7 Å². The molecule has 2 bridgehead atoms. The highest BCUT2D eigenvalue weighted by Crippen LogP contribution is 2.74. The molecule has 5 rings (SSSR count). The van der Waals surface area contributed by atoms with E-state index in [1.807, 2.05) is 19.9 Å². The standard InChI is InChI=1S/C27H42O6Si/c1-13-12-26-14(2)11-16-18(25(16,7)8)17(21(26)29)19(33-34(9,10)24(4,5)6)15(3)22-27(26,20(13)28)32-23(30)31-22/h12,14-20,22,28H,11H2,1-10H3/t14-,15+,16-,17-,18-,19-,20+,22-,26+,27-/m1/s1. The average Bonchev–Trinajstić information content (AvgIpc) is 3.00. The SMILES string of the molecule is CC1=C[C@]23C(=O)[C@@H]([C@H](O[Si](C)(C)C(C)(C)C)[C@H](C)[C@H]4OC(=O)O[C@]42[C@H]1O)[C@H]1[C@@H](C[C@H]3C)C1(C)C. The summed E-state index contributed by atoms with van der Waals surface area (Å²) in [7, 11) is -2.28. The van der Waals surface area contributed by atoms with Crippen LogP contribution in [0.3, 0.4) is 0 Å². The minimum Gasteiger partial charge on any atom is -0.426 e. The van der Waals surface area contributed by atoms with Gasteiger partial charge in [-0.05, 0) is 60.2 Å². The van der Waals surface area contributed by atoms with Gasteiger partial charge in [0.05, 0.1) is 11.5 Å². The predicted molar refractivity (Wildman–Crippen MR) is 131 cm³/mol. The van der Waals surface area contributed by atoms with Crippen LogP contribution in [-0.2, 0) is 18.7 Å². The van der Waals surface area contributed by atoms with Crippen LogP contribution < -0.4 is 0 Å². The topological polar surface area (TPSA) is 82.1 Å². The Labute approximate surface area is 204 Å². The molecule has 3 saturated carbocycles. The third kappa shape index (κ3) is 2.64. The van der Waals surface area contributed by atoms with Gasteiger partial charge in [0.25, 0.3) is 0 Å². The van der Waals surface area contributed by atoms with Gasteiger partial charge >= 0.3 is 6.16 Å². The molecule has 4 aliphatic carbocycles. The van der Waals surface area contributed by atoms with Gasteiger partial charge in [0, 0.05) is 11.8 Å². The summed E-state index contributed by atoms with van der Waals surface area (Å²) in [5.74, 6) is -0.0443. The second kappa shape index (κ2) is 6.77. The first-order valence-corrected chi connectivity index (χ1v) is 15.8. The van der Waals surface area contributed by atoms with Crippen LogP contribution in [0.15, 0.2) is 11.6 Å². The molecule has 0 radical (unpaired) electrons. The third-order valence-electron chi connectivity index (χ3n) is 11.0. The van der Waals surface area contributed by atoms with E-state index in [-0.39, 0.29) is 39.9 Å². The lowest BCUT2D eigenvalue weighted by Crippen LogP contribution is -2.64. The summed E-state index contributed by atoms with van der Waals surface area (Å²) in [5, 5.41) is 11.5. The highest BCUT2D eigenvalue weighted by atomic mass is 28.4. The van der Waals surface area contributed by atoms with Gasteiger partial charge in [-0.15, -0.1) is 0 Å². The number of fused-ring (bicyclic) bond motifs is 3. The molecule has 6 nitrogen and oxygen atoms in total. The molecule has 0 aromatic heterocycles. The van der Waals surface area contributed by atoms with Crippen LogP contribution in [0, 0.1) is 40.4 Å². The van der Waals surface area contributed by atoms with Crippen LogP contribution in [0.25, 0.3) is 0 Å². The number of rotatable bonds is 2. The van der Waals surface area contributed by atoms with E-state index in [0.29, 0.717) is 11.5 Å². The summed E-state index contributed by atoms with van der Waals surface area (Å²) in [5.41, 5.74) is -1.81. The van der Waals surface area contributed by atoms with Crippen molar-refractivity contribution in [3.8, 4) is 0 Å². The molecule has 1 N–H and O–H groups in total. The van der Waals surface area contributed by atoms with Crippen LogP contribution in [0.4, 0.5) is 4.79 Å². The Kier molecular flexibility index (Phi) is 4.88. The molecule has 1 saturated heterocycles. The van der Waals surface area contributed by atoms with Crippen molar-refractivity contribution in [2.75, 3.05) is 0 Å². The number of hydrogen-bond donors (Lipinski definition) is 1. The summed E-state index contributed by atoms with van der Waals surface area (Å²) in [6.07, 6.45) is -0.235. The van der Waals surface area contributed by atoms with Crippen molar-refractivity contribution < 1.29 is 28.6 Å². The zero-order valence-corrected chi connectivity index (χ0v) is 23.4. The molecule has 5 aliphatic rings. The minimum atomic E-state index is -2.28. The van der Waals surface area contributed by atoms with E-state index in [4.69, 9.17) is 13.9 Å². The monoisotopic (exact) mass is 490 g/mol. The number of carbonyl (C=O) groups is 2. The van der Waals surface area contributed by atoms with Crippen LogP contribution in [0.1, 0.15) is 61.8 Å². The third-order valence-corrected chi connectivity index (χ3v) is 15.5. The fourth-order valence-electron chi connectivity index (χ4n) is 8.10. The fraction of sp³-hybridized carbons (Fsp3) is 0.852. The molecular weight excluding hydrogens is 448 g/mol. The Balaban J connectivity index is 1.76. The van der Waals surface area contributed by atoms with Gasteiger partial charge in [0.1, 0.15) is 6.10 Å². The molecule has 0 amide bonds. The van der Waals surface area contributed by atoms with Gasteiger partial charge in [0.15, 0.2) is 25.8 Å². The largest absolute Gasteiger partial charge is 0.509 e. The average molecular weight is 491 g/mol. The normalized spacial score (nSPS) is 49.1. The minimum absolute atomic E-state index is 0.0390. The van der Waals surface area contributed by atoms with Crippen molar-refractivity contribution in [2.24, 2.45) is 40.4 Å². The van der Waals surface area contributed by atoms with Crippen LogP contribution in [-0.4, -0.2) is 49.3 Å². The van der Waals surface area contributed by atoms with Gasteiger partial charge in [0.2, 0.25) is 0 Å². The zero-order valence-electron chi connectivity index (χ0n) is 22.4. The first-order valence-electron chi connectivity index (χ1n) is 12.9. The molecule has 1 heterocycles. The van der Waals surface area contributed by atoms with E-state index in [1.165, 1.54) is 0 Å². The van der Waals surface area contributed by atoms with Crippen LogP contribution in [0.2, 0.25) is 18.1 Å². The lowest BCUT2D eigenvalue weighted by Gasteiger charge is -2.46. The molecule has 34 heavy (non-hydrogen) atoms. The Morgan fingerprint density at radius 3 is 2.38 bits per heavy atom. The first kappa shape index (κ1) is 24.5. The van der Waals surface area contributed by atoms with Crippen molar-refractivity contribution >= 4 is 20.3 Å². The number of ketones is 1. The van der Waals surface area contributed by atoms with Crippen molar-refractivity contribution in [3.63, 3.8) is 0 Å². The molecule has 0 unspecified atom stereocenters. The van der Waals surface area contributed by atoms with Gasteiger partial charge in [-0.3, -0.25) is 4.79 Å². The van der Waals surface area contributed by atoms with Gasteiger partial charge in [-0.2, -0.15) is 0 Å². The Hall–Kier alpha value is -1.18. The smallest absolute Gasteiger partial charge is 0.426 e. The number of aliphatic hydroxyl groups is 1. The second-order valence-corrected chi connectivity index (χ2v) is 18.8. The second-order valence-electron chi connectivity index (χ2n) is 14.0. The molecule has 190 valence electrons. The summed E-state index contributed by atoms with van der Waals surface area (Å²) in [6.45, 7) is 21.5. The Morgan fingerprint density at radius 2 is 1.79 bits per heavy atom. The molecule has 2 spiro atoms. The summed E-state index contributed by atoms with van der Waals surface area (Å²) in [6, 6.07) is 0. The molecule has 0 aromatic rings. The van der Waals surface area contributed by atoms with Crippen molar-refractivity contribution in [1.82, 2.24) is 0 Å². The van der Waals surface area contributed by atoms with Crippen molar-refractivity contribution in [1.29, 1.82) is 0 Å². The maximum absolute atomic E-state index is 14.9. The van der Waals surface area contributed by atoms with Crippen LogP contribution in [0.5, 0.6) is 0 Å². The van der Waals surface area contributed by atoms with Gasteiger partial charge in [-0.1, -0.05) is 54.5 Å². The van der Waals surface area contributed by atoms with Crippen LogP contribution >= 0.6 is 0 Å². The van der Waals surface area contributed by atoms with E-state index >= 15 is 0 Å². The molecular formula is C27H42O6Si. The maximum atomic E-state index is 14.9.